The van der Waals surface area contributed by atoms with Crippen molar-refractivity contribution in [2.75, 3.05) is 11.4 Å². The Labute approximate surface area is 139 Å². The van der Waals surface area contributed by atoms with Crippen LogP contribution in [0.1, 0.15) is 29.8 Å². The van der Waals surface area contributed by atoms with Gasteiger partial charge in [-0.1, -0.05) is 12.1 Å². The van der Waals surface area contributed by atoms with E-state index < -0.39 is 0 Å². The van der Waals surface area contributed by atoms with E-state index >= 15 is 0 Å². The van der Waals surface area contributed by atoms with Gasteiger partial charge in [-0.05, 0) is 43.7 Å². The van der Waals surface area contributed by atoms with Crippen molar-refractivity contribution in [3.8, 4) is 0 Å². The lowest BCUT2D eigenvalue weighted by molar-refractivity contribution is 0.0837. The first-order chi connectivity index (χ1) is 11.4. The third-order valence-electron chi connectivity index (χ3n) is 4.20. The molecule has 0 radical (unpaired) electrons. The van der Waals surface area contributed by atoms with Crippen LogP contribution in [0.5, 0.6) is 0 Å². The minimum Gasteiger partial charge on any atom is -0.291 e. The Hall–Kier alpha value is -2.76. The lowest BCUT2D eigenvalue weighted by Gasteiger charge is -2.35. The van der Waals surface area contributed by atoms with E-state index in [0.29, 0.717) is 30.4 Å². The molecule has 0 aliphatic carbocycles. The molecule has 0 fully saturated rings. The van der Waals surface area contributed by atoms with E-state index in [2.05, 4.69) is 4.98 Å². The molecule has 6 heteroatoms. The van der Waals surface area contributed by atoms with Crippen LogP contribution in [0.4, 0.5) is 10.2 Å². The van der Waals surface area contributed by atoms with Crippen LogP contribution >= 0.6 is 0 Å². The second-order valence-electron chi connectivity index (χ2n) is 6.70. The zero-order valence-corrected chi connectivity index (χ0v) is 13.5. The van der Waals surface area contributed by atoms with Crippen LogP contribution in [0.3, 0.4) is 0 Å². The summed E-state index contributed by atoms with van der Waals surface area (Å²) in [6.45, 7) is 5.01. The summed E-state index contributed by atoms with van der Waals surface area (Å²) in [6.07, 6.45) is 1.67. The van der Waals surface area contributed by atoms with Crippen molar-refractivity contribution in [1.82, 2.24) is 9.88 Å². The topological polar surface area (TPSA) is 48.8 Å². The Kier molecular flexibility index (Phi) is 3.16. The standard InChI is InChI=1S/C18H17FN4O/c1-18(2)11-23-16(24)14-4-3-9-20-15(14)22(17(23)21-18)10-12-5-7-13(19)8-6-12/h3-9H,10-11H2,1-2H3. The van der Waals surface area contributed by atoms with Gasteiger partial charge in [-0.3, -0.25) is 14.6 Å². The van der Waals surface area contributed by atoms with Crippen molar-refractivity contribution in [2.24, 2.45) is 4.99 Å². The predicted octanol–water partition coefficient (Wildman–Crippen LogP) is 2.83. The van der Waals surface area contributed by atoms with Crippen LogP contribution < -0.4 is 4.90 Å². The second-order valence-corrected chi connectivity index (χ2v) is 6.70. The summed E-state index contributed by atoms with van der Waals surface area (Å²) >= 11 is 0. The molecule has 1 aromatic heterocycles. The van der Waals surface area contributed by atoms with E-state index in [4.69, 9.17) is 4.99 Å². The van der Waals surface area contributed by atoms with Crippen molar-refractivity contribution in [3.05, 3.63) is 59.5 Å². The summed E-state index contributed by atoms with van der Waals surface area (Å²) in [4.78, 5) is 25.5. The number of aliphatic imine (C=N–C) groups is 1. The van der Waals surface area contributed by atoms with Crippen molar-refractivity contribution in [1.29, 1.82) is 0 Å². The maximum Gasteiger partial charge on any atom is 0.264 e. The molecule has 1 amide bonds. The number of benzene rings is 1. The number of hydrogen-bond donors (Lipinski definition) is 0. The first-order valence-electron chi connectivity index (χ1n) is 7.83. The van der Waals surface area contributed by atoms with E-state index in [0.717, 1.165) is 5.56 Å². The molecule has 3 heterocycles. The Bertz CT molecular complexity index is 844. The highest BCUT2D eigenvalue weighted by atomic mass is 19.1. The Balaban J connectivity index is 1.81. The average Bonchev–Trinajstić information content (AvgIpc) is 2.89. The fraction of sp³-hybridized carbons (Fsp3) is 0.278. The number of guanidine groups is 1. The fourth-order valence-corrected chi connectivity index (χ4v) is 3.13. The smallest absolute Gasteiger partial charge is 0.264 e. The lowest BCUT2D eigenvalue weighted by atomic mass is 10.1. The monoisotopic (exact) mass is 324 g/mol. The van der Waals surface area contributed by atoms with Crippen LogP contribution in [0.25, 0.3) is 0 Å². The van der Waals surface area contributed by atoms with Gasteiger partial charge in [0.05, 0.1) is 24.2 Å². The number of carbonyl (C=O) groups is 1. The summed E-state index contributed by atoms with van der Waals surface area (Å²) in [5.41, 5.74) is 1.15. The third kappa shape index (κ3) is 2.35. The number of halogens is 1. The van der Waals surface area contributed by atoms with Gasteiger partial charge in [0.2, 0.25) is 5.96 Å². The predicted molar refractivity (Wildman–Crippen MR) is 89.4 cm³/mol. The highest BCUT2D eigenvalue weighted by Crippen LogP contribution is 2.33. The largest absolute Gasteiger partial charge is 0.291 e. The molecule has 1 aromatic carbocycles. The minimum absolute atomic E-state index is 0.0715. The van der Waals surface area contributed by atoms with Gasteiger partial charge >= 0.3 is 0 Å². The Morgan fingerprint density at radius 1 is 1.21 bits per heavy atom. The van der Waals surface area contributed by atoms with Crippen LogP contribution in [0.2, 0.25) is 0 Å². The van der Waals surface area contributed by atoms with Gasteiger partial charge in [0.25, 0.3) is 5.91 Å². The van der Waals surface area contributed by atoms with E-state index in [-0.39, 0.29) is 17.3 Å². The molecule has 0 N–H and O–H groups in total. The third-order valence-corrected chi connectivity index (χ3v) is 4.20. The van der Waals surface area contributed by atoms with Gasteiger partial charge < -0.3 is 0 Å². The molecule has 2 aliphatic heterocycles. The van der Waals surface area contributed by atoms with Crippen LogP contribution in [0, 0.1) is 5.82 Å². The zero-order chi connectivity index (χ0) is 16.9. The average molecular weight is 324 g/mol. The van der Waals surface area contributed by atoms with Crippen molar-refractivity contribution >= 4 is 17.7 Å². The lowest BCUT2D eigenvalue weighted by Crippen LogP contribution is -2.50. The number of aromatic nitrogens is 1. The number of fused-ring (bicyclic) bond motifs is 2. The normalized spacial score (nSPS) is 18.3. The summed E-state index contributed by atoms with van der Waals surface area (Å²) in [7, 11) is 0. The molecule has 122 valence electrons. The number of nitrogens with zero attached hydrogens (tertiary/aromatic N) is 4. The maximum absolute atomic E-state index is 13.2. The second kappa shape index (κ2) is 5.12. The molecule has 0 atom stereocenters. The molecule has 2 aromatic rings. The van der Waals surface area contributed by atoms with Gasteiger partial charge in [0.15, 0.2) is 0 Å². The first kappa shape index (κ1) is 14.8. The number of carbonyl (C=O) groups excluding carboxylic acids is 1. The fourth-order valence-electron chi connectivity index (χ4n) is 3.13. The van der Waals surface area contributed by atoms with E-state index in [9.17, 15) is 9.18 Å². The molecule has 24 heavy (non-hydrogen) atoms. The van der Waals surface area contributed by atoms with Crippen molar-refractivity contribution < 1.29 is 9.18 Å². The molecule has 4 rings (SSSR count). The highest BCUT2D eigenvalue weighted by Gasteiger charge is 2.43. The summed E-state index contributed by atoms with van der Waals surface area (Å²) in [6, 6.07) is 9.88. The van der Waals surface area contributed by atoms with E-state index in [1.807, 2.05) is 18.7 Å². The zero-order valence-electron chi connectivity index (χ0n) is 13.5. The van der Waals surface area contributed by atoms with Gasteiger partial charge in [-0.2, -0.15) is 0 Å². The van der Waals surface area contributed by atoms with E-state index in [1.165, 1.54) is 12.1 Å². The van der Waals surface area contributed by atoms with Gasteiger partial charge in [-0.15, -0.1) is 0 Å². The molecule has 0 unspecified atom stereocenters. The van der Waals surface area contributed by atoms with Crippen molar-refractivity contribution in [2.45, 2.75) is 25.9 Å². The molecule has 0 spiro atoms. The van der Waals surface area contributed by atoms with Crippen molar-refractivity contribution in [3.63, 3.8) is 0 Å². The van der Waals surface area contributed by atoms with Gasteiger partial charge in [0.1, 0.15) is 11.6 Å². The molecule has 0 saturated carbocycles. The summed E-state index contributed by atoms with van der Waals surface area (Å²) in [5, 5.41) is 0. The number of amides is 1. The maximum atomic E-state index is 13.2. The number of pyridine rings is 1. The van der Waals surface area contributed by atoms with E-state index in [1.54, 1.807) is 35.4 Å². The summed E-state index contributed by atoms with van der Waals surface area (Å²) < 4.78 is 13.2. The van der Waals surface area contributed by atoms with Crippen LogP contribution in [0.15, 0.2) is 47.6 Å². The molecule has 0 bridgehead atoms. The molecule has 0 saturated heterocycles. The molecular weight excluding hydrogens is 307 g/mol. The highest BCUT2D eigenvalue weighted by molar-refractivity contribution is 6.18. The molecule has 2 aliphatic rings. The number of hydrogen-bond acceptors (Lipinski definition) is 4. The number of rotatable bonds is 2. The quantitative estimate of drug-likeness (QED) is 0.853. The Morgan fingerprint density at radius 2 is 1.96 bits per heavy atom. The Morgan fingerprint density at radius 3 is 2.71 bits per heavy atom. The van der Waals surface area contributed by atoms with Crippen LogP contribution in [-0.2, 0) is 6.54 Å². The summed E-state index contributed by atoms with van der Waals surface area (Å²) in [5.74, 6) is 0.866. The minimum atomic E-state index is -0.339. The number of anilines is 1. The van der Waals surface area contributed by atoms with Gasteiger partial charge in [-0.25, -0.2) is 14.4 Å². The van der Waals surface area contributed by atoms with Crippen LogP contribution in [-0.4, -0.2) is 33.8 Å². The SMILES string of the molecule is CC1(C)CN2C(=O)c3cccnc3N(Cc3ccc(F)cc3)C2=N1. The van der Waals surface area contributed by atoms with Gasteiger partial charge in [0, 0.05) is 6.20 Å². The first-order valence-corrected chi connectivity index (χ1v) is 7.83. The molecular formula is C18H17FN4O. The molecule has 5 nitrogen and oxygen atoms in total.